The molecule has 1 amide bonds. The zero-order chi connectivity index (χ0) is 30.3. The lowest BCUT2D eigenvalue weighted by molar-refractivity contribution is -0.384. The van der Waals surface area contributed by atoms with E-state index in [9.17, 15) is 14.9 Å². The molecule has 0 bridgehead atoms. The van der Waals surface area contributed by atoms with Gasteiger partial charge in [-0.25, -0.2) is 10.4 Å². The molecule has 0 atom stereocenters. The zero-order valence-corrected chi connectivity index (χ0v) is 27.8. The molecule has 0 radical (unpaired) electrons. The SMILES string of the molecule is O=C(N/N=C\c1cc(I)c(OCc2ccc([N+](=O)[O-])cc2)c(I)c1)c1ccc(-c2csc(Nc3ccc(Cl)cc3)n2)cc1. The van der Waals surface area contributed by atoms with Crippen molar-refractivity contribution in [2.24, 2.45) is 5.10 Å². The highest BCUT2D eigenvalue weighted by Crippen LogP contribution is 2.30. The number of carbonyl (C=O) groups excluding carboxylic acids is 1. The van der Waals surface area contributed by atoms with E-state index in [1.54, 1.807) is 30.5 Å². The van der Waals surface area contributed by atoms with E-state index in [2.05, 4.69) is 66.0 Å². The van der Waals surface area contributed by atoms with Crippen LogP contribution in [-0.4, -0.2) is 22.0 Å². The summed E-state index contributed by atoms with van der Waals surface area (Å²) in [6.45, 7) is 0.274. The van der Waals surface area contributed by atoms with Gasteiger partial charge >= 0.3 is 0 Å². The van der Waals surface area contributed by atoms with Crippen LogP contribution in [-0.2, 0) is 6.61 Å². The number of nitro groups is 1. The summed E-state index contributed by atoms with van der Waals surface area (Å²) in [5, 5.41) is 21.6. The molecule has 0 saturated heterocycles. The number of hydrogen-bond donors (Lipinski definition) is 2. The van der Waals surface area contributed by atoms with Gasteiger partial charge in [0.15, 0.2) is 5.13 Å². The number of hydrogen-bond acceptors (Lipinski definition) is 8. The number of non-ortho nitro benzene ring substituents is 1. The summed E-state index contributed by atoms with van der Waals surface area (Å²) in [5.74, 6) is 0.368. The Labute approximate surface area is 282 Å². The van der Waals surface area contributed by atoms with E-state index in [1.165, 1.54) is 23.5 Å². The van der Waals surface area contributed by atoms with Crippen LogP contribution < -0.4 is 15.5 Å². The Morgan fingerprint density at radius 3 is 2.35 bits per heavy atom. The Bertz CT molecular complexity index is 1770. The molecule has 0 aliphatic carbocycles. The molecular weight excluding hydrogens is 816 g/mol. The molecule has 0 unspecified atom stereocenters. The third-order valence-corrected chi connectivity index (χ3v) is 8.59. The van der Waals surface area contributed by atoms with Crippen molar-refractivity contribution in [2.45, 2.75) is 6.61 Å². The molecule has 0 aliphatic heterocycles. The smallest absolute Gasteiger partial charge is 0.271 e. The lowest BCUT2D eigenvalue weighted by atomic mass is 10.1. The fourth-order valence-corrected chi connectivity index (χ4v) is 6.80. The molecule has 0 aliphatic rings. The number of carbonyl (C=O) groups is 1. The highest BCUT2D eigenvalue weighted by Gasteiger charge is 2.11. The second kappa shape index (κ2) is 14.2. The molecule has 43 heavy (non-hydrogen) atoms. The second-order valence-corrected chi connectivity index (χ2v) is 12.6. The number of nitro benzene ring substituents is 1. The first kappa shape index (κ1) is 30.8. The van der Waals surface area contributed by atoms with Gasteiger partial charge < -0.3 is 10.1 Å². The van der Waals surface area contributed by atoms with Gasteiger partial charge in [0.05, 0.1) is 24.0 Å². The maximum absolute atomic E-state index is 12.7. The van der Waals surface area contributed by atoms with Crippen molar-refractivity contribution in [3.63, 3.8) is 0 Å². The summed E-state index contributed by atoms with van der Waals surface area (Å²) < 4.78 is 7.70. The van der Waals surface area contributed by atoms with Crippen LogP contribution in [0.15, 0.2) is 95.4 Å². The summed E-state index contributed by atoms with van der Waals surface area (Å²) in [6, 6.07) is 24.6. The number of halogens is 3. The zero-order valence-electron chi connectivity index (χ0n) is 22.0. The van der Waals surface area contributed by atoms with Crippen molar-refractivity contribution in [3.05, 3.63) is 129 Å². The van der Waals surface area contributed by atoms with E-state index < -0.39 is 4.92 Å². The van der Waals surface area contributed by atoms with Gasteiger partial charge in [0.25, 0.3) is 11.6 Å². The number of nitrogens with one attached hydrogen (secondary N) is 2. The molecule has 5 rings (SSSR count). The van der Waals surface area contributed by atoms with Gasteiger partial charge in [-0.05, 0) is 117 Å². The molecule has 216 valence electrons. The van der Waals surface area contributed by atoms with Crippen LogP contribution in [0.2, 0.25) is 5.02 Å². The summed E-state index contributed by atoms with van der Waals surface area (Å²) in [4.78, 5) is 27.7. The van der Waals surface area contributed by atoms with E-state index in [0.29, 0.717) is 16.3 Å². The fourth-order valence-electron chi connectivity index (χ4n) is 3.80. The van der Waals surface area contributed by atoms with Crippen molar-refractivity contribution in [1.82, 2.24) is 10.4 Å². The van der Waals surface area contributed by atoms with Crippen LogP contribution >= 0.6 is 68.1 Å². The van der Waals surface area contributed by atoms with E-state index in [0.717, 1.165) is 40.3 Å². The Balaban J connectivity index is 1.15. The minimum atomic E-state index is -0.434. The number of anilines is 2. The van der Waals surface area contributed by atoms with Gasteiger partial charge in [0.2, 0.25) is 0 Å². The number of thiazole rings is 1. The summed E-state index contributed by atoms with van der Waals surface area (Å²) >= 11 is 11.8. The third-order valence-electron chi connectivity index (χ3n) is 5.97. The first-order valence-corrected chi connectivity index (χ1v) is 15.9. The van der Waals surface area contributed by atoms with Gasteiger partial charge in [0.1, 0.15) is 12.4 Å². The minimum Gasteiger partial charge on any atom is -0.487 e. The van der Waals surface area contributed by atoms with Crippen LogP contribution in [0.5, 0.6) is 5.75 Å². The molecule has 2 N–H and O–H groups in total. The number of benzene rings is 4. The predicted octanol–water partition coefficient (Wildman–Crippen LogP) is 8.67. The topological polar surface area (TPSA) is 119 Å². The molecule has 0 fully saturated rings. The predicted molar refractivity (Wildman–Crippen MR) is 187 cm³/mol. The van der Waals surface area contributed by atoms with Crippen molar-refractivity contribution in [3.8, 4) is 17.0 Å². The van der Waals surface area contributed by atoms with Crippen molar-refractivity contribution in [1.29, 1.82) is 0 Å². The first-order chi connectivity index (χ1) is 20.7. The van der Waals surface area contributed by atoms with Crippen LogP contribution in [0.1, 0.15) is 21.5 Å². The molecule has 13 heteroatoms. The van der Waals surface area contributed by atoms with Gasteiger partial charge in [-0.2, -0.15) is 5.10 Å². The maximum atomic E-state index is 12.7. The van der Waals surface area contributed by atoms with E-state index in [4.69, 9.17) is 16.3 Å². The van der Waals surface area contributed by atoms with Gasteiger partial charge in [-0.3, -0.25) is 14.9 Å². The highest BCUT2D eigenvalue weighted by molar-refractivity contribution is 14.1. The summed E-state index contributed by atoms with van der Waals surface area (Å²) in [7, 11) is 0. The van der Waals surface area contributed by atoms with Crippen LogP contribution in [0.3, 0.4) is 0 Å². The van der Waals surface area contributed by atoms with Crippen molar-refractivity contribution < 1.29 is 14.5 Å². The Morgan fingerprint density at radius 1 is 1.02 bits per heavy atom. The number of ether oxygens (including phenoxy) is 1. The molecule has 1 heterocycles. The summed E-state index contributed by atoms with van der Waals surface area (Å²) in [5.41, 5.74) is 7.27. The molecule has 9 nitrogen and oxygen atoms in total. The van der Waals surface area contributed by atoms with Crippen molar-refractivity contribution in [2.75, 3.05) is 5.32 Å². The van der Waals surface area contributed by atoms with Crippen LogP contribution in [0.25, 0.3) is 11.3 Å². The highest BCUT2D eigenvalue weighted by atomic mass is 127. The molecule has 0 spiro atoms. The normalized spacial score (nSPS) is 11.0. The van der Waals surface area contributed by atoms with Gasteiger partial charge in [-0.1, -0.05) is 23.7 Å². The number of aromatic nitrogens is 1. The monoisotopic (exact) mass is 835 g/mol. The lowest BCUT2D eigenvalue weighted by Gasteiger charge is -2.11. The maximum Gasteiger partial charge on any atom is 0.271 e. The molecule has 5 aromatic rings. The molecule has 4 aromatic carbocycles. The Kier molecular flexibility index (Phi) is 10.2. The largest absolute Gasteiger partial charge is 0.487 e. The Morgan fingerprint density at radius 2 is 1.70 bits per heavy atom. The van der Waals surface area contributed by atoms with Crippen molar-refractivity contribution >= 4 is 96.7 Å². The quantitative estimate of drug-likeness (QED) is 0.0630. The number of nitrogens with zero attached hydrogens (tertiary/aromatic N) is 3. The van der Waals surface area contributed by atoms with E-state index >= 15 is 0 Å². The Hall–Kier alpha value is -3.60. The number of amides is 1. The number of rotatable bonds is 10. The van der Waals surface area contributed by atoms with E-state index in [1.807, 2.05) is 53.9 Å². The first-order valence-electron chi connectivity index (χ1n) is 12.5. The average Bonchev–Trinajstić information content (AvgIpc) is 3.46. The van der Waals surface area contributed by atoms with Crippen LogP contribution in [0.4, 0.5) is 16.5 Å². The molecule has 1 aromatic heterocycles. The average molecular weight is 836 g/mol. The molecular formula is C30H20ClI2N5O4S. The van der Waals surface area contributed by atoms with Gasteiger partial charge in [-0.15, -0.1) is 11.3 Å². The van der Waals surface area contributed by atoms with E-state index in [-0.39, 0.29) is 18.2 Å². The molecule has 0 saturated carbocycles. The fraction of sp³-hybridized carbons (Fsp3) is 0.0333. The standard InChI is InChI=1S/C30H20ClI2N5O4S/c31-22-7-9-23(10-8-22)35-30-36-27(17-43-30)20-3-5-21(6-4-20)29(39)37-34-15-19-13-25(32)28(26(33)14-19)42-16-18-1-11-24(12-2-18)38(40)41/h1-15,17H,16H2,(H,35,36)(H,37,39)/b34-15-. The second-order valence-electron chi connectivity index (χ2n) is 8.97. The van der Waals surface area contributed by atoms with Gasteiger partial charge in [0, 0.05) is 39.3 Å². The number of hydrazone groups is 1. The van der Waals surface area contributed by atoms with Crippen LogP contribution in [0, 0.1) is 17.3 Å². The summed E-state index contributed by atoms with van der Waals surface area (Å²) in [6.07, 6.45) is 1.57. The third kappa shape index (κ3) is 8.28. The minimum absolute atomic E-state index is 0.0363. The lowest BCUT2D eigenvalue weighted by Crippen LogP contribution is -2.17.